The average molecular weight is 533 g/mol. The molecule has 0 aliphatic carbocycles. The van der Waals surface area contributed by atoms with E-state index in [1.807, 2.05) is 25.1 Å². The molecule has 2 aromatic rings. The van der Waals surface area contributed by atoms with Gasteiger partial charge in [0.1, 0.15) is 0 Å². The number of methoxy groups -OCH3 is 1. The number of aliphatic imine (C=N–C) groups is 1. The highest BCUT2D eigenvalue weighted by Crippen LogP contribution is 2.30. The predicted octanol–water partition coefficient (Wildman–Crippen LogP) is 3.78. The van der Waals surface area contributed by atoms with Gasteiger partial charge in [0.05, 0.1) is 13.7 Å². The largest absolute Gasteiger partial charge is 0.493 e. The van der Waals surface area contributed by atoms with Crippen molar-refractivity contribution in [2.45, 2.75) is 6.92 Å². The van der Waals surface area contributed by atoms with Crippen molar-refractivity contribution in [2.75, 3.05) is 39.2 Å². The molecule has 0 aliphatic heterocycles. The predicted molar refractivity (Wildman–Crippen MR) is 128 cm³/mol. The normalized spacial score (nSPS) is 10.6. The van der Waals surface area contributed by atoms with Gasteiger partial charge in [-0.2, -0.15) is 0 Å². The van der Waals surface area contributed by atoms with Crippen LogP contribution in [0.1, 0.15) is 17.3 Å². The zero-order valence-electron chi connectivity index (χ0n) is 16.6. The molecule has 2 rings (SSSR count). The minimum absolute atomic E-state index is 0. The lowest BCUT2D eigenvalue weighted by atomic mass is 10.2. The summed E-state index contributed by atoms with van der Waals surface area (Å²) >= 11 is 5.83. The van der Waals surface area contributed by atoms with Crippen LogP contribution in [0, 0.1) is 0 Å². The third-order valence-corrected chi connectivity index (χ3v) is 4.01. The summed E-state index contributed by atoms with van der Waals surface area (Å²) in [7, 11) is 3.28. The van der Waals surface area contributed by atoms with Gasteiger partial charge in [-0.15, -0.1) is 24.0 Å². The van der Waals surface area contributed by atoms with E-state index in [9.17, 15) is 4.79 Å². The van der Waals surface area contributed by atoms with Crippen molar-refractivity contribution in [1.82, 2.24) is 10.6 Å². The Bertz CT molecular complexity index is 816. The van der Waals surface area contributed by atoms with E-state index in [1.54, 1.807) is 38.4 Å². The van der Waals surface area contributed by atoms with Crippen molar-refractivity contribution >= 4 is 53.1 Å². The van der Waals surface area contributed by atoms with Gasteiger partial charge in [0.15, 0.2) is 17.5 Å². The number of amides is 1. The lowest BCUT2D eigenvalue weighted by Crippen LogP contribution is -2.37. The highest BCUT2D eigenvalue weighted by atomic mass is 127. The van der Waals surface area contributed by atoms with E-state index < -0.39 is 0 Å². The fourth-order valence-electron chi connectivity index (χ4n) is 2.40. The summed E-state index contributed by atoms with van der Waals surface area (Å²) < 4.78 is 10.9. The number of anilines is 1. The van der Waals surface area contributed by atoms with E-state index in [4.69, 9.17) is 21.1 Å². The van der Waals surface area contributed by atoms with Crippen LogP contribution in [-0.2, 0) is 0 Å². The van der Waals surface area contributed by atoms with Crippen LogP contribution >= 0.6 is 35.6 Å². The standard InChI is InChI=1S/C20H25ClN4O3.HI/c1-4-28-18-13-16(9-10-17(18)27-3)25-20(22-2)24-12-11-23-19(26)14-5-7-15(21)8-6-14;/h5-10,13H,4,11-12H2,1-3H3,(H,23,26)(H2,22,24,25);1H. The molecule has 0 radical (unpaired) electrons. The number of ether oxygens (including phenoxy) is 2. The number of hydrogen-bond acceptors (Lipinski definition) is 4. The highest BCUT2D eigenvalue weighted by molar-refractivity contribution is 14.0. The maximum atomic E-state index is 12.1. The number of nitrogens with zero attached hydrogens (tertiary/aromatic N) is 1. The Balaban J connectivity index is 0.00000420. The van der Waals surface area contributed by atoms with Crippen LogP contribution in [0.2, 0.25) is 5.02 Å². The maximum Gasteiger partial charge on any atom is 0.251 e. The van der Waals surface area contributed by atoms with E-state index in [-0.39, 0.29) is 29.9 Å². The van der Waals surface area contributed by atoms with Gasteiger partial charge in [0.2, 0.25) is 0 Å². The molecule has 0 unspecified atom stereocenters. The lowest BCUT2D eigenvalue weighted by molar-refractivity contribution is 0.0954. The third-order valence-electron chi connectivity index (χ3n) is 3.76. The molecule has 0 aromatic heterocycles. The first-order chi connectivity index (χ1) is 13.6. The summed E-state index contributed by atoms with van der Waals surface area (Å²) in [5, 5.41) is 9.76. The number of nitrogens with one attached hydrogen (secondary N) is 3. The number of benzene rings is 2. The second-order valence-corrected chi connectivity index (χ2v) is 6.12. The molecule has 0 heterocycles. The number of hydrogen-bond donors (Lipinski definition) is 3. The van der Waals surface area contributed by atoms with Gasteiger partial charge in [0.25, 0.3) is 5.91 Å². The molecule has 2 aromatic carbocycles. The molecule has 0 spiro atoms. The minimum Gasteiger partial charge on any atom is -0.493 e. The lowest BCUT2D eigenvalue weighted by Gasteiger charge is -2.15. The van der Waals surface area contributed by atoms with Crippen molar-refractivity contribution in [1.29, 1.82) is 0 Å². The third kappa shape index (κ3) is 7.98. The molecule has 1 amide bonds. The number of guanidine groups is 1. The topological polar surface area (TPSA) is 84.0 Å². The number of rotatable bonds is 8. The van der Waals surface area contributed by atoms with Crippen LogP contribution in [0.4, 0.5) is 5.69 Å². The fourth-order valence-corrected chi connectivity index (χ4v) is 2.52. The van der Waals surface area contributed by atoms with E-state index in [1.165, 1.54) is 0 Å². The van der Waals surface area contributed by atoms with E-state index >= 15 is 0 Å². The average Bonchev–Trinajstić information content (AvgIpc) is 2.71. The molecular weight excluding hydrogens is 507 g/mol. The van der Waals surface area contributed by atoms with Gasteiger partial charge in [-0.3, -0.25) is 9.79 Å². The molecule has 0 saturated carbocycles. The van der Waals surface area contributed by atoms with Crippen LogP contribution in [0.25, 0.3) is 0 Å². The number of carbonyl (C=O) groups excluding carboxylic acids is 1. The Morgan fingerprint density at radius 2 is 1.76 bits per heavy atom. The van der Waals surface area contributed by atoms with Gasteiger partial charge in [-0.05, 0) is 43.3 Å². The zero-order valence-corrected chi connectivity index (χ0v) is 19.7. The molecule has 29 heavy (non-hydrogen) atoms. The van der Waals surface area contributed by atoms with Crippen molar-refractivity contribution in [3.63, 3.8) is 0 Å². The van der Waals surface area contributed by atoms with Crippen LogP contribution in [0.5, 0.6) is 11.5 Å². The Hall–Kier alpha value is -2.20. The first-order valence-electron chi connectivity index (χ1n) is 8.89. The smallest absolute Gasteiger partial charge is 0.251 e. The Morgan fingerprint density at radius 1 is 1.07 bits per heavy atom. The zero-order chi connectivity index (χ0) is 20.4. The molecule has 0 fully saturated rings. The molecule has 7 nitrogen and oxygen atoms in total. The van der Waals surface area contributed by atoms with Crippen molar-refractivity contribution < 1.29 is 14.3 Å². The van der Waals surface area contributed by atoms with Crippen LogP contribution in [-0.4, -0.2) is 45.7 Å². The molecule has 0 aliphatic rings. The van der Waals surface area contributed by atoms with E-state index in [0.717, 1.165) is 5.69 Å². The summed E-state index contributed by atoms with van der Waals surface area (Å²) in [5.41, 5.74) is 1.37. The Kier molecular flexibility index (Phi) is 11.2. The monoisotopic (exact) mass is 532 g/mol. The molecular formula is C20H26ClIN4O3. The molecule has 0 saturated heterocycles. The van der Waals surface area contributed by atoms with Gasteiger partial charge in [-0.1, -0.05) is 11.6 Å². The van der Waals surface area contributed by atoms with Crippen molar-refractivity contribution in [2.24, 2.45) is 4.99 Å². The highest BCUT2D eigenvalue weighted by Gasteiger charge is 2.08. The summed E-state index contributed by atoms with van der Waals surface area (Å²) in [6.45, 7) is 3.40. The summed E-state index contributed by atoms with van der Waals surface area (Å²) in [4.78, 5) is 16.2. The van der Waals surface area contributed by atoms with Gasteiger partial charge < -0.3 is 25.4 Å². The van der Waals surface area contributed by atoms with Gasteiger partial charge in [-0.25, -0.2) is 0 Å². The second kappa shape index (κ2) is 13.1. The SMILES string of the molecule is CCOc1cc(NC(=NC)NCCNC(=O)c2ccc(Cl)cc2)ccc1OC.I. The first kappa shape index (κ1) is 24.8. The van der Waals surface area contributed by atoms with Crippen LogP contribution < -0.4 is 25.4 Å². The second-order valence-electron chi connectivity index (χ2n) is 5.69. The number of carbonyl (C=O) groups is 1. The van der Waals surface area contributed by atoms with Crippen LogP contribution in [0.3, 0.4) is 0 Å². The molecule has 9 heteroatoms. The summed E-state index contributed by atoms with van der Waals surface area (Å²) in [5.74, 6) is 1.74. The maximum absolute atomic E-state index is 12.1. The number of halogens is 2. The summed E-state index contributed by atoms with van der Waals surface area (Å²) in [6.07, 6.45) is 0. The molecule has 0 atom stereocenters. The summed E-state index contributed by atoms with van der Waals surface area (Å²) in [6, 6.07) is 12.3. The van der Waals surface area contributed by atoms with Crippen molar-refractivity contribution in [3.8, 4) is 11.5 Å². The molecule has 0 bridgehead atoms. The van der Waals surface area contributed by atoms with Crippen molar-refractivity contribution in [3.05, 3.63) is 53.1 Å². The van der Waals surface area contributed by atoms with E-state index in [0.29, 0.717) is 47.7 Å². The van der Waals surface area contributed by atoms with Gasteiger partial charge >= 0.3 is 0 Å². The van der Waals surface area contributed by atoms with E-state index in [2.05, 4.69) is 20.9 Å². The Labute approximate surface area is 193 Å². The molecule has 158 valence electrons. The van der Waals surface area contributed by atoms with Gasteiger partial charge in [0, 0.05) is 42.5 Å². The minimum atomic E-state index is -0.155. The fraction of sp³-hybridized carbons (Fsp3) is 0.300. The molecule has 3 N–H and O–H groups in total. The Morgan fingerprint density at radius 3 is 2.38 bits per heavy atom. The quantitative estimate of drug-likeness (QED) is 0.209. The first-order valence-corrected chi connectivity index (χ1v) is 9.27. The van der Waals surface area contributed by atoms with Crippen LogP contribution in [0.15, 0.2) is 47.5 Å².